The largest absolute Gasteiger partial charge is 0.493 e. The van der Waals surface area contributed by atoms with Crippen LogP contribution >= 0.6 is 0 Å². The molecule has 3 aromatic carbocycles. The molecule has 0 N–H and O–H groups in total. The van der Waals surface area contributed by atoms with E-state index in [1.807, 2.05) is 66.2 Å². The van der Waals surface area contributed by atoms with Gasteiger partial charge in [-0.2, -0.15) is 0 Å². The number of aromatic nitrogens is 2. The molecule has 1 unspecified atom stereocenters. The van der Waals surface area contributed by atoms with Crippen LogP contribution in [0.15, 0.2) is 89.5 Å². The van der Waals surface area contributed by atoms with E-state index in [2.05, 4.69) is 17.0 Å². The number of rotatable bonds is 17. The fourth-order valence-corrected chi connectivity index (χ4v) is 7.08. The molecule has 1 aliphatic rings. The number of amides is 1. The first kappa shape index (κ1) is 36.7. The maximum Gasteiger partial charge on any atom is 0.253 e. The van der Waals surface area contributed by atoms with Gasteiger partial charge < -0.3 is 37.7 Å². The molecule has 274 valence electrons. The molecule has 6 rings (SSSR count). The number of imidazole rings is 1. The molecule has 0 spiro atoms. The van der Waals surface area contributed by atoms with Gasteiger partial charge in [-0.1, -0.05) is 42.5 Å². The minimum absolute atomic E-state index is 0.0935. The fourth-order valence-electron chi connectivity index (χ4n) is 7.08. The molecule has 1 atom stereocenters. The number of hydrogen-bond donors (Lipinski definition) is 0. The first-order valence-electron chi connectivity index (χ1n) is 17.8. The first-order chi connectivity index (χ1) is 25.4. The summed E-state index contributed by atoms with van der Waals surface area (Å²) in [5.74, 6) is 2.58. The summed E-state index contributed by atoms with van der Waals surface area (Å²) >= 11 is 0. The number of benzene rings is 3. The van der Waals surface area contributed by atoms with Gasteiger partial charge in [-0.15, -0.1) is 0 Å². The average Bonchev–Trinajstić information content (AvgIpc) is 3.85. The number of carbonyl (C=O) groups is 2. The molecule has 11 nitrogen and oxygen atoms in total. The smallest absolute Gasteiger partial charge is 0.253 e. The summed E-state index contributed by atoms with van der Waals surface area (Å²) in [6, 6.07) is 25.3. The van der Waals surface area contributed by atoms with Crippen LogP contribution in [0.5, 0.6) is 17.2 Å². The molecule has 11 heteroatoms. The topological polar surface area (TPSA) is 109 Å². The van der Waals surface area contributed by atoms with Gasteiger partial charge in [0.05, 0.1) is 45.2 Å². The van der Waals surface area contributed by atoms with Crippen LogP contribution in [0.25, 0.3) is 11.0 Å². The summed E-state index contributed by atoms with van der Waals surface area (Å²) in [6.45, 7) is 4.39. The maximum atomic E-state index is 14.0. The highest BCUT2D eigenvalue weighted by atomic mass is 16.5. The number of furan rings is 1. The Kier molecular flexibility index (Phi) is 12.3. The molecule has 3 heterocycles. The Morgan fingerprint density at radius 3 is 2.29 bits per heavy atom. The molecule has 5 aromatic rings. The van der Waals surface area contributed by atoms with Gasteiger partial charge in [0.1, 0.15) is 12.4 Å². The SMILES string of the molecule is COc1cc(C(=O)N(C)CC(CCN2CCC(C(=O)c3nc4ccccc4n3CCOCc3ccco3)CC2)c2ccccc2)cc(OC)c1OC. The summed E-state index contributed by atoms with van der Waals surface area (Å²) < 4.78 is 29.7. The van der Waals surface area contributed by atoms with Crippen molar-refractivity contribution in [2.45, 2.75) is 38.3 Å². The van der Waals surface area contributed by atoms with Gasteiger partial charge in [0.25, 0.3) is 5.91 Å². The molecular formula is C41H48N4O7. The van der Waals surface area contributed by atoms with E-state index in [0.29, 0.717) is 54.9 Å². The summed E-state index contributed by atoms with van der Waals surface area (Å²) in [5.41, 5.74) is 3.40. The molecule has 0 saturated carbocycles. The third-order valence-electron chi connectivity index (χ3n) is 9.93. The third-order valence-corrected chi connectivity index (χ3v) is 9.93. The van der Waals surface area contributed by atoms with Crippen molar-refractivity contribution in [2.24, 2.45) is 5.92 Å². The summed E-state index contributed by atoms with van der Waals surface area (Å²) in [7, 11) is 6.45. The van der Waals surface area contributed by atoms with Crippen molar-refractivity contribution in [1.82, 2.24) is 19.4 Å². The number of nitrogens with zero attached hydrogens (tertiary/aromatic N) is 4. The number of piperidine rings is 1. The lowest BCUT2D eigenvalue weighted by atomic mass is 9.90. The Morgan fingerprint density at radius 1 is 0.904 bits per heavy atom. The van der Waals surface area contributed by atoms with E-state index in [1.165, 1.54) is 19.8 Å². The first-order valence-corrected chi connectivity index (χ1v) is 17.8. The molecule has 0 aliphatic carbocycles. The highest BCUT2D eigenvalue weighted by Gasteiger charge is 2.30. The number of likely N-dealkylation sites (tertiary alicyclic amines) is 1. The third kappa shape index (κ3) is 8.49. The molecule has 1 aliphatic heterocycles. The molecule has 1 saturated heterocycles. The number of ether oxygens (including phenoxy) is 4. The predicted molar refractivity (Wildman–Crippen MR) is 198 cm³/mol. The number of hydrogen-bond acceptors (Lipinski definition) is 9. The number of ketones is 1. The highest BCUT2D eigenvalue weighted by molar-refractivity contribution is 5.98. The van der Waals surface area contributed by atoms with Crippen LogP contribution in [-0.2, 0) is 17.9 Å². The van der Waals surface area contributed by atoms with Gasteiger partial charge in [-0.05, 0) is 80.9 Å². The lowest BCUT2D eigenvalue weighted by Gasteiger charge is -2.33. The molecule has 0 radical (unpaired) electrons. The summed E-state index contributed by atoms with van der Waals surface area (Å²) in [4.78, 5) is 36.6. The van der Waals surface area contributed by atoms with Crippen LogP contribution in [0.1, 0.15) is 57.5 Å². The number of methoxy groups -OCH3 is 3. The Labute approximate surface area is 305 Å². The Bertz CT molecular complexity index is 1890. The Balaban J connectivity index is 1.07. The van der Waals surface area contributed by atoms with E-state index < -0.39 is 0 Å². The van der Waals surface area contributed by atoms with Crippen molar-refractivity contribution in [3.8, 4) is 17.2 Å². The second-order valence-electron chi connectivity index (χ2n) is 13.2. The van der Waals surface area contributed by atoms with Gasteiger partial charge in [0.2, 0.25) is 11.5 Å². The van der Waals surface area contributed by atoms with Crippen LogP contribution in [0.3, 0.4) is 0 Å². The molecular weight excluding hydrogens is 660 g/mol. The zero-order chi connectivity index (χ0) is 36.5. The van der Waals surface area contributed by atoms with E-state index in [0.717, 1.165) is 55.7 Å². The van der Waals surface area contributed by atoms with Crippen molar-refractivity contribution >= 4 is 22.7 Å². The molecule has 1 fully saturated rings. The quantitative estimate of drug-likeness (QED) is 0.0769. The van der Waals surface area contributed by atoms with Crippen LogP contribution in [-0.4, -0.2) is 92.2 Å². The van der Waals surface area contributed by atoms with Gasteiger partial charge in [-0.25, -0.2) is 4.98 Å². The Hall–Kier alpha value is -5.13. The lowest BCUT2D eigenvalue weighted by Crippen LogP contribution is -2.39. The fraction of sp³-hybridized carbons (Fsp3) is 0.390. The van der Waals surface area contributed by atoms with E-state index in [4.69, 9.17) is 28.3 Å². The monoisotopic (exact) mass is 708 g/mol. The summed E-state index contributed by atoms with van der Waals surface area (Å²) in [5, 5.41) is 0. The normalized spacial score (nSPS) is 14.3. The predicted octanol–water partition coefficient (Wildman–Crippen LogP) is 6.71. The van der Waals surface area contributed by atoms with Crippen molar-refractivity contribution in [3.63, 3.8) is 0 Å². The van der Waals surface area contributed by atoms with Gasteiger partial charge in [0.15, 0.2) is 17.3 Å². The minimum Gasteiger partial charge on any atom is -0.493 e. The number of Topliss-reactive ketones (excluding diaryl/α,β-unsaturated/α-hetero) is 1. The number of carbonyl (C=O) groups excluding carboxylic acids is 2. The Morgan fingerprint density at radius 2 is 1.62 bits per heavy atom. The summed E-state index contributed by atoms with van der Waals surface area (Å²) in [6.07, 6.45) is 4.04. The van der Waals surface area contributed by atoms with Crippen LogP contribution in [0.2, 0.25) is 0 Å². The molecule has 0 bridgehead atoms. The van der Waals surface area contributed by atoms with Crippen LogP contribution < -0.4 is 14.2 Å². The minimum atomic E-state index is -0.130. The van der Waals surface area contributed by atoms with E-state index in [1.54, 1.807) is 30.4 Å². The zero-order valence-electron chi connectivity index (χ0n) is 30.5. The molecule has 52 heavy (non-hydrogen) atoms. The van der Waals surface area contributed by atoms with Crippen LogP contribution in [0.4, 0.5) is 0 Å². The second-order valence-corrected chi connectivity index (χ2v) is 13.2. The standard InChI is InChI=1S/C41H48N4O7/c1-43(41(47)32-25-36(48-2)39(50-4)37(26-32)49-3)27-31(29-11-6-5-7-12-29)18-21-44-19-16-30(17-20-44)38(46)40-42-34-14-8-9-15-35(34)45(40)22-24-51-28-33-13-10-23-52-33/h5-15,23,25-26,30-31H,16-22,24,27-28H2,1-4H3. The van der Waals surface area contributed by atoms with E-state index in [-0.39, 0.29) is 23.5 Å². The lowest BCUT2D eigenvalue weighted by molar-refractivity contribution is 0.0778. The van der Waals surface area contributed by atoms with E-state index in [9.17, 15) is 9.59 Å². The van der Waals surface area contributed by atoms with Crippen molar-refractivity contribution in [2.75, 3.05) is 61.2 Å². The van der Waals surface area contributed by atoms with Crippen LogP contribution in [0, 0.1) is 5.92 Å². The van der Waals surface area contributed by atoms with Crippen molar-refractivity contribution in [3.05, 3.63) is 108 Å². The second kappa shape index (κ2) is 17.4. The van der Waals surface area contributed by atoms with Crippen molar-refractivity contribution < 1.29 is 33.0 Å². The average molecular weight is 709 g/mol. The molecule has 2 aromatic heterocycles. The maximum absolute atomic E-state index is 14.0. The molecule has 1 amide bonds. The zero-order valence-corrected chi connectivity index (χ0v) is 30.5. The van der Waals surface area contributed by atoms with Gasteiger partial charge >= 0.3 is 0 Å². The number of para-hydroxylation sites is 2. The van der Waals surface area contributed by atoms with Crippen molar-refractivity contribution in [1.29, 1.82) is 0 Å². The number of likely N-dealkylation sites (N-methyl/N-ethyl adjacent to an activating group) is 1. The number of fused-ring (bicyclic) bond motifs is 1. The van der Waals surface area contributed by atoms with E-state index >= 15 is 0 Å². The highest BCUT2D eigenvalue weighted by Crippen LogP contribution is 2.38. The van der Waals surface area contributed by atoms with Gasteiger partial charge in [-0.3, -0.25) is 9.59 Å². The van der Waals surface area contributed by atoms with Gasteiger partial charge in [0, 0.05) is 37.5 Å².